The second kappa shape index (κ2) is 13.5. The van der Waals surface area contributed by atoms with Gasteiger partial charge in [0.25, 0.3) is 0 Å². The van der Waals surface area contributed by atoms with Gasteiger partial charge in [-0.3, -0.25) is 4.79 Å². The summed E-state index contributed by atoms with van der Waals surface area (Å²) >= 11 is 7.83. The molecule has 1 aliphatic heterocycles. The van der Waals surface area contributed by atoms with E-state index < -0.39 is 0 Å². The number of benzene rings is 3. The number of ether oxygens (including phenoxy) is 2. The third-order valence-corrected chi connectivity index (χ3v) is 7.77. The number of carbonyl (C=O) groups is 1. The topological polar surface area (TPSA) is 78.3 Å². The Kier molecular flexibility index (Phi) is 9.40. The molecule has 39 heavy (non-hydrogen) atoms. The number of rotatable bonds is 13. The second-order valence-electron chi connectivity index (χ2n) is 9.38. The van der Waals surface area contributed by atoms with Gasteiger partial charge in [0.2, 0.25) is 12.7 Å². The van der Waals surface area contributed by atoms with Gasteiger partial charge >= 0.3 is 0 Å². The molecule has 0 saturated heterocycles. The van der Waals surface area contributed by atoms with Gasteiger partial charge in [-0.25, -0.2) is 0 Å². The highest BCUT2D eigenvalue weighted by Crippen LogP contribution is 2.32. The van der Waals surface area contributed by atoms with Gasteiger partial charge in [-0.1, -0.05) is 71.9 Å². The predicted molar refractivity (Wildman–Crippen MR) is 153 cm³/mol. The Hall–Kier alpha value is -3.49. The van der Waals surface area contributed by atoms with Gasteiger partial charge in [-0.2, -0.15) is 0 Å². The number of thioether (sulfide) groups is 1. The number of aromatic nitrogens is 3. The van der Waals surface area contributed by atoms with Crippen LogP contribution in [0.2, 0.25) is 5.02 Å². The zero-order chi connectivity index (χ0) is 26.9. The van der Waals surface area contributed by atoms with Crippen molar-refractivity contribution < 1.29 is 14.3 Å². The van der Waals surface area contributed by atoms with E-state index in [-0.39, 0.29) is 12.7 Å². The zero-order valence-corrected chi connectivity index (χ0v) is 23.2. The number of aryl methyl sites for hydroxylation is 2. The van der Waals surface area contributed by atoms with Crippen LogP contribution < -0.4 is 14.8 Å². The van der Waals surface area contributed by atoms with Crippen molar-refractivity contribution in [3.63, 3.8) is 0 Å². The zero-order valence-electron chi connectivity index (χ0n) is 21.6. The minimum absolute atomic E-state index is 0.0379. The third-order valence-electron chi connectivity index (χ3n) is 6.50. The maximum absolute atomic E-state index is 12.4. The number of carbonyl (C=O) groups excluding carboxylic acids is 1. The van der Waals surface area contributed by atoms with Gasteiger partial charge in [-0.05, 0) is 60.2 Å². The SMILES string of the molecule is O=C(CCCCc1nnc(SCc2cccc(Cl)c2)n1CCc1ccccc1)NCc1ccc2c(c1)OCO2. The Bertz CT molecular complexity index is 1400. The van der Waals surface area contributed by atoms with E-state index in [9.17, 15) is 4.79 Å². The summed E-state index contributed by atoms with van der Waals surface area (Å²) in [7, 11) is 0. The van der Waals surface area contributed by atoms with E-state index in [1.54, 1.807) is 11.8 Å². The molecule has 0 fully saturated rings. The van der Waals surface area contributed by atoms with E-state index in [4.69, 9.17) is 21.1 Å². The minimum Gasteiger partial charge on any atom is -0.454 e. The molecule has 0 radical (unpaired) electrons. The first kappa shape index (κ1) is 27.1. The van der Waals surface area contributed by atoms with Crippen LogP contribution in [0.5, 0.6) is 11.5 Å². The van der Waals surface area contributed by atoms with E-state index >= 15 is 0 Å². The molecule has 3 aromatic carbocycles. The molecular weight excluding hydrogens is 532 g/mol. The Balaban J connectivity index is 1.13. The molecule has 1 amide bonds. The lowest BCUT2D eigenvalue weighted by atomic mass is 10.1. The summed E-state index contributed by atoms with van der Waals surface area (Å²) in [5.41, 5.74) is 3.42. The highest BCUT2D eigenvalue weighted by atomic mass is 35.5. The lowest BCUT2D eigenvalue weighted by Gasteiger charge is -2.11. The largest absolute Gasteiger partial charge is 0.454 e. The Morgan fingerprint density at radius 1 is 0.897 bits per heavy atom. The number of amides is 1. The molecular formula is C30H31ClN4O3S. The van der Waals surface area contributed by atoms with Crippen LogP contribution in [-0.4, -0.2) is 27.5 Å². The molecule has 0 bridgehead atoms. The summed E-state index contributed by atoms with van der Waals surface area (Å²) in [4.78, 5) is 12.4. The van der Waals surface area contributed by atoms with E-state index in [0.29, 0.717) is 13.0 Å². The molecule has 1 N–H and O–H groups in total. The molecule has 1 aliphatic rings. The lowest BCUT2D eigenvalue weighted by Crippen LogP contribution is -2.22. The molecule has 0 aliphatic carbocycles. The first-order valence-electron chi connectivity index (χ1n) is 13.1. The molecule has 2 heterocycles. The van der Waals surface area contributed by atoms with Crippen molar-refractivity contribution in [3.8, 4) is 11.5 Å². The quantitative estimate of drug-likeness (QED) is 0.154. The van der Waals surface area contributed by atoms with Crippen LogP contribution in [0.1, 0.15) is 41.8 Å². The van der Waals surface area contributed by atoms with Crippen molar-refractivity contribution in [1.82, 2.24) is 20.1 Å². The molecule has 9 heteroatoms. The predicted octanol–water partition coefficient (Wildman–Crippen LogP) is 6.22. The van der Waals surface area contributed by atoms with E-state index in [0.717, 1.165) is 76.6 Å². The highest BCUT2D eigenvalue weighted by Gasteiger charge is 2.15. The van der Waals surface area contributed by atoms with Crippen molar-refractivity contribution in [3.05, 3.63) is 100 Å². The van der Waals surface area contributed by atoms with Gasteiger partial charge in [0.05, 0.1) is 0 Å². The number of fused-ring (bicyclic) bond motifs is 1. The maximum Gasteiger partial charge on any atom is 0.231 e. The van der Waals surface area contributed by atoms with Crippen molar-refractivity contribution >= 4 is 29.3 Å². The number of hydrogen-bond acceptors (Lipinski definition) is 6. The van der Waals surface area contributed by atoms with E-state index in [1.165, 1.54) is 5.56 Å². The number of nitrogens with zero attached hydrogens (tertiary/aromatic N) is 3. The number of unbranched alkanes of at least 4 members (excludes halogenated alkanes) is 1. The first-order valence-corrected chi connectivity index (χ1v) is 14.5. The van der Waals surface area contributed by atoms with Gasteiger partial charge < -0.3 is 19.4 Å². The normalized spacial score (nSPS) is 12.0. The first-order chi connectivity index (χ1) is 19.1. The van der Waals surface area contributed by atoms with Crippen LogP contribution in [-0.2, 0) is 36.5 Å². The van der Waals surface area contributed by atoms with Crippen molar-refractivity contribution in [2.45, 2.75) is 56.1 Å². The monoisotopic (exact) mass is 562 g/mol. The highest BCUT2D eigenvalue weighted by molar-refractivity contribution is 7.98. The molecule has 4 aromatic rings. The van der Waals surface area contributed by atoms with Crippen molar-refractivity contribution in [1.29, 1.82) is 0 Å². The molecule has 7 nitrogen and oxygen atoms in total. The van der Waals surface area contributed by atoms with Crippen LogP contribution >= 0.6 is 23.4 Å². The fourth-order valence-corrected chi connectivity index (χ4v) is 5.54. The molecule has 202 valence electrons. The summed E-state index contributed by atoms with van der Waals surface area (Å²) in [5.74, 6) is 3.24. The fourth-order valence-electron chi connectivity index (χ4n) is 4.40. The summed E-state index contributed by atoms with van der Waals surface area (Å²) in [5, 5.41) is 13.7. The fraction of sp³-hybridized carbons (Fsp3) is 0.300. The minimum atomic E-state index is 0.0379. The van der Waals surface area contributed by atoms with Crippen LogP contribution in [0, 0.1) is 0 Å². The average Bonchev–Trinajstić information content (AvgIpc) is 3.59. The second-order valence-corrected chi connectivity index (χ2v) is 10.8. The molecule has 5 rings (SSSR count). The van der Waals surface area contributed by atoms with Gasteiger partial charge in [0.15, 0.2) is 16.7 Å². The molecule has 0 unspecified atom stereocenters. The third kappa shape index (κ3) is 7.77. The Morgan fingerprint density at radius 2 is 1.74 bits per heavy atom. The van der Waals surface area contributed by atoms with Crippen LogP contribution in [0.15, 0.2) is 78.0 Å². The summed E-state index contributed by atoms with van der Waals surface area (Å²) in [6.45, 7) is 1.52. The van der Waals surface area contributed by atoms with Gasteiger partial charge in [0, 0.05) is 36.7 Å². The average molecular weight is 563 g/mol. The van der Waals surface area contributed by atoms with Crippen LogP contribution in [0.4, 0.5) is 0 Å². The Labute approximate surface area is 237 Å². The van der Waals surface area contributed by atoms with Gasteiger partial charge in [-0.15, -0.1) is 10.2 Å². The number of hydrogen-bond donors (Lipinski definition) is 1. The smallest absolute Gasteiger partial charge is 0.231 e. The lowest BCUT2D eigenvalue weighted by molar-refractivity contribution is -0.121. The maximum atomic E-state index is 12.4. The van der Waals surface area contributed by atoms with Crippen molar-refractivity contribution in [2.24, 2.45) is 0 Å². The molecule has 0 saturated carbocycles. The standard InChI is InChI=1S/C30H31ClN4O3S/c31-25-10-6-9-24(17-25)20-39-30-34-33-28(35(30)16-15-22-7-2-1-3-8-22)11-4-5-12-29(36)32-19-23-13-14-26-27(18-23)38-21-37-26/h1-3,6-10,13-14,17-18H,4-5,11-12,15-16,19-21H2,(H,32,36). The van der Waals surface area contributed by atoms with Crippen LogP contribution in [0.3, 0.4) is 0 Å². The van der Waals surface area contributed by atoms with Crippen molar-refractivity contribution in [2.75, 3.05) is 6.79 Å². The Morgan fingerprint density at radius 3 is 2.62 bits per heavy atom. The van der Waals surface area contributed by atoms with Gasteiger partial charge in [0.1, 0.15) is 5.82 Å². The van der Waals surface area contributed by atoms with E-state index in [1.807, 2.05) is 42.5 Å². The number of halogens is 1. The van der Waals surface area contributed by atoms with E-state index in [2.05, 4.69) is 50.4 Å². The number of nitrogens with one attached hydrogen (secondary N) is 1. The molecule has 0 spiro atoms. The summed E-state index contributed by atoms with van der Waals surface area (Å²) in [6.07, 6.45) is 3.79. The summed E-state index contributed by atoms with van der Waals surface area (Å²) < 4.78 is 13.0. The summed E-state index contributed by atoms with van der Waals surface area (Å²) in [6, 6.07) is 24.1. The van der Waals surface area contributed by atoms with Crippen LogP contribution in [0.25, 0.3) is 0 Å². The molecule has 1 aromatic heterocycles. The molecule has 0 atom stereocenters.